The summed E-state index contributed by atoms with van der Waals surface area (Å²) in [4.78, 5) is 18.4. The lowest BCUT2D eigenvalue weighted by molar-refractivity contribution is -0.385. The van der Waals surface area contributed by atoms with E-state index >= 15 is 0 Å². The van der Waals surface area contributed by atoms with Crippen LogP contribution in [-0.4, -0.2) is 14.9 Å². The van der Waals surface area contributed by atoms with Crippen LogP contribution >= 0.6 is 23.2 Å². The van der Waals surface area contributed by atoms with Crippen LogP contribution in [-0.2, 0) is 0 Å². The molecule has 0 saturated carbocycles. The largest absolute Gasteiger partial charge is 0.332 e. The van der Waals surface area contributed by atoms with Crippen molar-refractivity contribution in [1.29, 1.82) is 0 Å². The summed E-state index contributed by atoms with van der Waals surface area (Å²) < 4.78 is 0. The minimum Gasteiger partial charge on any atom is -0.332 e. The van der Waals surface area contributed by atoms with Crippen molar-refractivity contribution in [3.05, 3.63) is 44.1 Å². The van der Waals surface area contributed by atoms with E-state index in [4.69, 9.17) is 29.0 Å². The van der Waals surface area contributed by atoms with E-state index in [2.05, 4.69) is 20.7 Å². The molecular weight excluding hydrogens is 319 g/mol. The number of nitrogens with zero attached hydrogens (tertiary/aromatic N) is 3. The highest BCUT2D eigenvalue weighted by molar-refractivity contribution is 6.39. The lowest BCUT2D eigenvalue weighted by Gasteiger charge is -2.11. The van der Waals surface area contributed by atoms with Gasteiger partial charge in [-0.2, -0.15) is 4.98 Å². The zero-order valence-corrected chi connectivity index (χ0v) is 12.2. The molecule has 1 heterocycles. The zero-order chi connectivity index (χ0) is 15.6. The Balaban J connectivity index is 2.57. The van der Waals surface area contributed by atoms with Gasteiger partial charge in [-0.15, -0.1) is 0 Å². The number of hydrazine groups is 1. The Morgan fingerprint density at radius 3 is 2.43 bits per heavy atom. The van der Waals surface area contributed by atoms with Gasteiger partial charge in [-0.25, -0.2) is 10.8 Å². The number of hydrogen-bond acceptors (Lipinski definition) is 7. The number of rotatable bonds is 4. The van der Waals surface area contributed by atoms with Crippen molar-refractivity contribution in [3.8, 4) is 0 Å². The molecule has 0 atom stereocenters. The second-order valence-corrected chi connectivity index (χ2v) is 4.77. The molecular formula is C11H10Cl2N6O2. The van der Waals surface area contributed by atoms with Gasteiger partial charge in [0.15, 0.2) is 0 Å². The molecule has 0 amide bonds. The van der Waals surface area contributed by atoms with Gasteiger partial charge in [0.25, 0.3) is 0 Å². The number of nitro groups is 1. The van der Waals surface area contributed by atoms with E-state index in [1.807, 2.05) is 0 Å². The molecule has 21 heavy (non-hydrogen) atoms. The topological polar surface area (TPSA) is 119 Å². The average molecular weight is 329 g/mol. The third-order valence-electron chi connectivity index (χ3n) is 2.58. The smallest absolute Gasteiger partial charge is 0.332 e. The number of nitrogens with one attached hydrogen (secondary N) is 2. The summed E-state index contributed by atoms with van der Waals surface area (Å²) in [6.45, 7) is 1.47. The van der Waals surface area contributed by atoms with Gasteiger partial charge in [0.2, 0.25) is 11.8 Å². The molecule has 0 aliphatic rings. The Kier molecular flexibility index (Phi) is 4.41. The predicted molar refractivity (Wildman–Crippen MR) is 81.0 cm³/mol. The third-order valence-corrected chi connectivity index (χ3v) is 3.21. The molecule has 0 fully saturated rings. The van der Waals surface area contributed by atoms with E-state index in [9.17, 15) is 10.1 Å². The molecule has 110 valence electrons. The van der Waals surface area contributed by atoms with E-state index in [1.165, 1.54) is 6.92 Å². The highest BCUT2D eigenvalue weighted by Gasteiger charge is 2.23. The predicted octanol–water partition coefficient (Wildman–Crippen LogP) is 3.03. The second kappa shape index (κ2) is 6.08. The molecule has 0 aliphatic carbocycles. The fraction of sp³-hybridized carbons (Fsp3) is 0.0909. The summed E-state index contributed by atoms with van der Waals surface area (Å²) in [5, 5.41) is 14.5. The zero-order valence-electron chi connectivity index (χ0n) is 10.7. The maximum atomic E-state index is 11.2. The summed E-state index contributed by atoms with van der Waals surface area (Å²) in [5.74, 6) is 5.21. The number of aromatic nitrogens is 2. The number of benzene rings is 1. The fourth-order valence-corrected chi connectivity index (χ4v) is 2.16. The normalized spacial score (nSPS) is 10.3. The van der Waals surface area contributed by atoms with Crippen LogP contribution in [0.2, 0.25) is 10.0 Å². The second-order valence-electron chi connectivity index (χ2n) is 3.95. The molecule has 1 aromatic carbocycles. The van der Waals surface area contributed by atoms with E-state index in [0.717, 1.165) is 0 Å². The Hall–Kier alpha value is -2.16. The SMILES string of the molecule is Cc1nc(NN)nc(Nc2c(Cl)cccc2Cl)c1[N+](=O)[O-]. The Bertz CT molecular complexity index is 689. The van der Waals surface area contributed by atoms with Crippen molar-refractivity contribution in [2.75, 3.05) is 10.7 Å². The Morgan fingerprint density at radius 2 is 1.90 bits per heavy atom. The minimum absolute atomic E-state index is 0.0313. The summed E-state index contributed by atoms with van der Waals surface area (Å²) in [6.07, 6.45) is 0. The first-order chi connectivity index (χ1) is 9.93. The molecule has 0 radical (unpaired) electrons. The number of hydrogen-bond donors (Lipinski definition) is 3. The first kappa shape index (κ1) is 15.2. The van der Waals surface area contributed by atoms with Gasteiger partial charge in [-0.3, -0.25) is 15.5 Å². The van der Waals surface area contributed by atoms with Gasteiger partial charge in [0.1, 0.15) is 5.69 Å². The van der Waals surface area contributed by atoms with Crippen LogP contribution in [0.3, 0.4) is 0 Å². The van der Waals surface area contributed by atoms with E-state index in [1.54, 1.807) is 18.2 Å². The lowest BCUT2D eigenvalue weighted by Crippen LogP contribution is -2.13. The molecule has 2 rings (SSSR count). The number of anilines is 3. The van der Waals surface area contributed by atoms with E-state index in [0.29, 0.717) is 15.7 Å². The number of nitrogens with two attached hydrogens (primary N) is 1. The highest BCUT2D eigenvalue weighted by atomic mass is 35.5. The molecule has 2 aromatic rings. The van der Waals surface area contributed by atoms with Crippen LogP contribution in [0.25, 0.3) is 0 Å². The third kappa shape index (κ3) is 3.13. The molecule has 0 bridgehead atoms. The summed E-state index contributed by atoms with van der Waals surface area (Å²) >= 11 is 12.0. The fourth-order valence-electron chi connectivity index (χ4n) is 1.67. The van der Waals surface area contributed by atoms with Gasteiger partial charge < -0.3 is 5.32 Å². The van der Waals surface area contributed by atoms with Crippen LogP contribution in [0.1, 0.15) is 5.69 Å². The monoisotopic (exact) mass is 328 g/mol. The Labute approximate surface area is 129 Å². The van der Waals surface area contributed by atoms with E-state index in [-0.39, 0.29) is 23.1 Å². The van der Waals surface area contributed by atoms with Crippen molar-refractivity contribution in [2.24, 2.45) is 5.84 Å². The molecule has 1 aromatic heterocycles. The maximum absolute atomic E-state index is 11.2. The molecule has 10 heteroatoms. The van der Waals surface area contributed by atoms with Gasteiger partial charge in [-0.05, 0) is 19.1 Å². The van der Waals surface area contributed by atoms with Gasteiger partial charge in [0.05, 0.1) is 20.7 Å². The molecule has 0 saturated heterocycles. The molecule has 8 nitrogen and oxygen atoms in total. The quantitative estimate of drug-likeness (QED) is 0.448. The molecule has 4 N–H and O–H groups in total. The Morgan fingerprint density at radius 1 is 1.29 bits per heavy atom. The van der Waals surface area contributed by atoms with E-state index < -0.39 is 4.92 Å². The lowest BCUT2D eigenvalue weighted by atomic mass is 10.3. The van der Waals surface area contributed by atoms with Crippen molar-refractivity contribution in [3.63, 3.8) is 0 Å². The number of halogens is 2. The van der Waals surface area contributed by atoms with Crippen LogP contribution in [0, 0.1) is 17.0 Å². The van der Waals surface area contributed by atoms with Crippen LogP contribution < -0.4 is 16.6 Å². The summed E-state index contributed by atoms with van der Waals surface area (Å²) in [6, 6.07) is 4.85. The minimum atomic E-state index is -0.595. The van der Waals surface area contributed by atoms with Crippen molar-refractivity contribution < 1.29 is 4.92 Å². The number of aryl methyl sites for hydroxylation is 1. The van der Waals surface area contributed by atoms with Gasteiger partial charge in [0, 0.05) is 0 Å². The standard InChI is InChI=1S/C11H10Cl2N6O2/c1-5-9(19(20)21)10(17-11(15-5)18-14)16-8-6(12)3-2-4-7(8)13/h2-4H,14H2,1H3,(H2,15,16,17,18). The molecule has 0 spiro atoms. The van der Waals surface area contributed by atoms with Crippen molar-refractivity contribution in [2.45, 2.75) is 6.92 Å². The number of nitrogen functional groups attached to an aromatic ring is 1. The van der Waals surface area contributed by atoms with Gasteiger partial charge >= 0.3 is 5.69 Å². The molecule has 0 aliphatic heterocycles. The molecule has 0 unspecified atom stereocenters. The first-order valence-corrected chi connectivity index (χ1v) is 6.40. The van der Waals surface area contributed by atoms with Crippen LogP contribution in [0.5, 0.6) is 0 Å². The van der Waals surface area contributed by atoms with Crippen LogP contribution in [0.15, 0.2) is 18.2 Å². The van der Waals surface area contributed by atoms with Crippen molar-refractivity contribution >= 4 is 46.3 Å². The van der Waals surface area contributed by atoms with Gasteiger partial charge in [-0.1, -0.05) is 29.3 Å². The summed E-state index contributed by atoms with van der Waals surface area (Å²) in [7, 11) is 0. The maximum Gasteiger partial charge on any atom is 0.332 e. The van der Waals surface area contributed by atoms with Crippen molar-refractivity contribution in [1.82, 2.24) is 9.97 Å². The summed E-state index contributed by atoms with van der Waals surface area (Å²) in [5.41, 5.74) is 2.41. The van der Waals surface area contributed by atoms with Crippen LogP contribution in [0.4, 0.5) is 23.1 Å². The number of para-hydroxylation sites is 1. The first-order valence-electron chi connectivity index (χ1n) is 5.64. The highest BCUT2D eigenvalue weighted by Crippen LogP contribution is 2.35. The average Bonchev–Trinajstić information content (AvgIpc) is 2.42.